The van der Waals surface area contributed by atoms with Crippen molar-refractivity contribution in [3.63, 3.8) is 0 Å². The van der Waals surface area contributed by atoms with Crippen LogP contribution in [0.4, 0.5) is 5.69 Å². The van der Waals surface area contributed by atoms with Crippen LogP contribution < -0.4 is 10.7 Å². The van der Waals surface area contributed by atoms with Crippen molar-refractivity contribution in [2.45, 2.75) is 33.1 Å². The zero-order valence-electron chi connectivity index (χ0n) is 17.3. The number of hydrazone groups is 1. The molecule has 1 aliphatic rings. The summed E-state index contributed by atoms with van der Waals surface area (Å²) in [7, 11) is 0. The second kappa shape index (κ2) is 8.78. The van der Waals surface area contributed by atoms with Gasteiger partial charge in [-0.1, -0.05) is 41.4 Å². The Morgan fingerprint density at radius 3 is 2.48 bits per heavy atom. The molecular weight excluding hydrogens is 414 g/mol. The lowest BCUT2D eigenvalue weighted by atomic mass is 9.93. The Balaban J connectivity index is 1.57. The monoisotopic (exact) mass is 435 g/mol. The summed E-state index contributed by atoms with van der Waals surface area (Å²) in [6.07, 6.45) is 2.22. The summed E-state index contributed by atoms with van der Waals surface area (Å²) in [5.41, 5.74) is 6.96. The van der Waals surface area contributed by atoms with Gasteiger partial charge in [-0.3, -0.25) is 9.59 Å². The zero-order valence-corrected chi connectivity index (χ0v) is 18.0. The maximum atomic E-state index is 12.8. The summed E-state index contributed by atoms with van der Waals surface area (Å²) in [6, 6.07) is 14.3. The SMILES string of the molecule is Cc1ccc(C(=O)N/N=C2\CCCc3oc(C(=O)Nc4ccccc4Cl)c(C)c32)cc1. The van der Waals surface area contributed by atoms with Gasteiger partial charge in [0.2, 0.25) is 0 Å². The Bertz CT molecular complexity index is 1180. The van der Waals surface area contributed by atoms with Gasteiger partial charge < -0.3 is 9.73 Å². The molecule has 7 heteroatoms. The fourth-order valence-corrected chi connectivity index (χ4v) is 3.81. The van der Waals surface area contributed by atoms with E-state index in [1.54, 1.807) is 36.4 Å². The number of carbonyl (C=O) groups is 2. The Hall–Kier alpha value is -3.38. The molecule has 0 atom stereocenters. The molecule has 31 heavy (non-hydrogen) atoms. The van der Waals surface area contributed by atoms with Crippen LogP contribution in [0.15, 0.2) is 58.0 Å². The molecule has 0 bridgehead atoms. The Labute approximate surface area is 185 Å². The molecule has 0 spiro atoms. The minimum absolute atomic E-state index is 0.226. The van der Waals surface area contributed by atoms with Crippen LogP contribution in [0.2, 0.25) is 5.02 Å². The first-order valence-corrected chi connectivity index (χ1v) is 10.4. The number of anilines is 1. The van der Waals surface area contributed by atoms with Crippen molar-refractivity contribution in [2.24, 2.45) is 5.10 Å². The predicted molar refractivity (Wildman–Crippen MR) is 121 cm³/mol. The maximum Gasteiger partial charge on any atom is 0.291 e. The number of benzene rings is 2. The third-order valence-electron chi connectivity index (χ3n) is 5.26. The van der Waals surface area contributed by atoms with Crippen LogP contribution in [0.5, 0.6) is 0 Å². The van der Waals surface area contributed by atoms with E-state index in [0.717, 1.165) is 17.5 Å². The number of para-hydroxylation sites is 1. The van der Waals surface area contributed by atoms with Crippen LogP contribution in [0.1, 0.15) is 56.2 Å². The molecule has 0 saturated carbocycles. The van der Waals surface area contributed by atoms with Gasteiger partial charge in [-0.25, -0.2) is 5.43 Å². The van der Waals surface area contributed by atoms with E-state index < -0.39 is 0 Å². The molecule has 6 nitrogen and oxygen atoms in total. The zero-order chi connectivity index (χ0) is 22.0. The molecule has 2 N–H and O–H groups in total. The van der Waals surface area contributed by atoms with E-state index in [2.05, 4.69) is 15.8 Å². The summed E-state index contributed by atoms with van der Waals surface area (Å²) in [5.74, 6) is 0.279. The van der Waals surface area contributed by atoms with Crippen LogP contribution in [0.25, 0.3) is 0 Å². The molecular formula is C24H22ClN3O3. The summed E-state index contributed by atoms with van der Waals surface area (Å²) < 4.78 is 5.90. The van der Waals surface area contributed by atoms with Gasteiger partial charge in [-0.05, 0) is 51.0 Å². The second-order valence-electron chi connectivity index (χ2n) is 7.51. The topological polar surface area (TPSA) is 83.7 Å². The summed E-state index contributed by atoms with van der Waals surface area (Å²) in [5, 5.41) is 7.60. The van der Waals surface area contributed by atoms with Crippen molar-refractivity contribution in [3.05, 3.63) is 87.3 Å². The molecule has 1 aromatic heterocycles. The molecule has 1 heterocycles. The fraction of sp³-hybridized carbons (Fsp3) is 0.208. The molecule has 2 amide bonds. The van der Waals surface area contributed by atoms with Crippen LogP contribution in [0.3, 0.4) is 0 Å². The molecule has 0 saturated heterocycles. The molecule has 1 aliphatic carbocycles. The fourth-order valence-electron chi connectivity index (χ4n) is 3.63. The van der Waals surface area contributed by atoms with E-state index in [1.165, 1.54) is 0 Å². The van der Waals surface area contributed by atoms with Gasteiger partial charge in [-0.15, -0.1) is 0 Å². The van der Waals surface area contributed by atoms with Gasteiger partial charge >= 0.3 is 0 Å². The number of nitrogens with one attached hydrogen (secondary N) is 2. The van der Waals surface area contributed by atoms with Crippen LogP contribution in [0, 0.1) is 13.8 Å². The average molecular weight is 436 g/mol. The lowest BCUT2D eigenvalue weighted by molar-refractivity contribution is 0.0953. The minimum Gasteiger partial charge on any atom is -0.455 e. The first-order chi connectivity index (χ1) is 14.9. The normalized spacial score (nSPS) is 14.2. The second-order valence-corrected chi connectivity index (χ2v) is 7.91. The number of hydrogen-bond acceptors (Lipinski definition) is 4. The molecule has 0 unspecified atom stereocenters. The third-order valence-corrected chi connectivity index (χ3v) is 5.59. The van der Waals surface area contributed by atoms with Crippen molar-refractivity contribution in [1.29, 1.82) is 0 Å². The highest BCUT2D eigenvalue weighted by molar-refractivity contribution is 6.33. The number of halogens is 1. The van der Waals surface area contributed by atoms with Gasteiger partial charge in [-0.2, -0.15) is 5.10 Å². The lowest BCUT2D eigenvalue weighted by Crippen LogP contribution is -2.22. The minimum atomic E-state index is -0.372. The van der Waals surface area contributed by atoms with E-state index in [-0.39, 0.29) is 17.6 Å². The first-order valence-electron chi connectivity index (χ1n) is 10.1. The van der Waals surface area contributed by atoms with Crippen LogP contribution in [-0.4, -0.2) is 17.5 Å². The lowest BCUT2D eigenvalue weighted by Gasteiger charge is -2.13. The molecule has 2 aromatic carbocycles. The standard InChI is InChI=1S/C24H22ClN3O3/c1-14-10-12-16(13-11-14)23(29)28-27-19-8-5-9-20-21(19)15(2)22(31-20)24(30)26-18-7-4-3-6-17(18)25/h3-4,6-7,10-13H,5,8-9H2,1-2H3,(H,26,30)(H,28,29)/b27-19+. The number of furan rings is 1. The van der Waals surface area contributed by atoms with Crippen molar-refractivity contribution in [2.75, 3.05) is 5.32 Å². The van der Waals surface area contributed by atoms with E-state index in [0.29, 0.717) is 46.2 Å². The number of amides is 2. The predicted octanol–water partition coefficient (Wildman–Crippen LogP) is 5.27. The van der Waals surface area contributed by atoms with Gasteiger partial charge in [0.1, 0.15) is 5.76 Å². The van der Waals surface area contributed by atoms with Crippen molar-refractivity contribution in [3.8, 4) is 0 Å². The van der Waals surface area contributed by atoms with E-state index >= 15 is 0 Å². The average Bonchev–Trinajstić information content (AvgIpc) is 3.11. The van der Waals surface area contributed by atoms with Crippen molar-refractivity contribution >= 4 is 34.8 Å². The summed E-state index contributed by atoms with van der Waals surface area (Å²) >= 11 is 6.15. The quantitative estimate of drug-likeness (QED) is 0.547. The Morgan fingerprint density at radius 2 is 1.74 bits per heavy atom. The summed E-state index contributed by atoms with van der Waals surface area (Å²) in [6.45, 7) is 3.79. The molecule has 0 aliphatic heterocycles. The van der Waals surface area contributed by atoms with Crippen molar-refractivity contribution in [1.82, 2.24) is 5.43 Å². The summed E-state index contributed by atoms with van der Waals surface area (Å²) in [4.78, 5) is 25.2. The highest BCUT2D eigenvalue weighted by atomic mass is 35.5. The number of carbonyl (C=O) groups excluding carboxylic acids is 2. The van der Waals surface area contributed by atoms with E-state index in [1.807, 2.05) is 26.0 Å². The maximum absolute atomic E-state index is 12.8. The number of fused-ring (bicyclic) bond motifs is 1. The highest BCUT2D eigenvalue weighted by Crippen LogP contribution is 2.31. The Morgan fingerprint density at radius 1 is 1.00 bits per heavy atom. The molecule has 0 fully saturated rings. The van der Waals surface area contributed by atoms with Gasteiger partial charge in [0.15, 0.2) is 5.76 Å². The van der Waals surface area contributed by atoms with E-state index in [4.69, 9.17) is 16.0 Å². The smallest absolute Gasteiger partial charge is 0.291 e. The number of hydrogen-bond donors (Lipinski definition) is 2. The van der Waals surface area contributed by atoms with E-state index in [9.17, 15) is 9.59 Å². The largest absolute Gasteiger partial charge is 0.455 e. The Kier molecular flexibility index (Phi) is 5.91. The third kappa shape index (κ3) is 4.39. The number of aryl methyl sites for hydroxylation is 2. The van der Waals surface area contributed by atoms with Crippen molar-refractivity contribution < 1.29 is 14.0 Å². The van der Waals surface area contributed by atoms with Gasteiger partial charge in [0.25, 0.3) is 11.8 Å². The first kappa shape index (κ1) is 20.9. The van der Waals surface area contributed by atoms with Crippen LogP contribution in [-0.2, 0) is 6.42 Å². The van der Waals surface area contributed by atoms with Crippen LogP contribution >= 0.6 is 11.6 Å². The highest BCUT2D eigenvalue weighted by Gasteiger charge is 2.28. The molecule has 4 rings (SSSR count). The number of rotatable bonds is 4. The molecule has 3 aromatic rings. The van der Waals surface area contributed by atoms with Gasteiger partial charge in [0, 0.05) is 23.1 Å². The van der Waals surface area contributed by atoms with Gasteiger partial charge in [0.05, 0.1) is 16.4 Å². The number of nitrogens with zero attached hydrogens (tertiary/aromatic N) is 1. The molecule has 158 valence electrons. The molecule has 0 radical (unpaired) electrons.